The molecule has 0 saturated carbocycles. The second-order valence-corrected chi connectivity index (χ2v) is 14.6. The molecular formula is C53H35N3O. The molecule has 4 heteroatoms. The van der Waals surface area contributed by atoms with Crippen LogP contribution >= 0.6 is 0 Å². The van der Waals surface area contributed by atoms with Gasteiger partial charge in [-0.25, -0.2) is 9.98 Å². The average Bonchev–Trinajstić information content (AvgIpc) is 3.67. The number of nitrogens with one attached hydrogen (secondary N) is 1. The van der Waals surface area contributed by atoms with Crippen LogP contribution < -0.4 is 5.32 Å². The number of hydrogen-bond acceptors (Lipinski definition) is 4. The molecule has 4 nitrogen and oxygen atoms in total. The van der Waals surface area contributed by atoms with E-state index in [-0.39, 0.29) is 6.17 Å². The van der Waals surface area contributed by atoms with Crippen molar-refractivity contribution in [1.82, 2.24) is 5.32 Å². The summed E-state index contributed by atoms with van der Waals surface area (Å²) in [5.74, 6) is 1.49. The van der Waals surface area contributed by atoms with E-state index in [1.165, 1.54) is 27.5 Å². The lowest BCUT2D eigenvalue weighted by Gasteiger charge is -2.24. The van der Waals surface area contributed by atoms with Crippen LogP contribution in [0.2, 0.25) is 0 Å². The fourth-order valence-corrected chi connectivity index (χ4v) is 8.31. The summed E-state index contributed by atoms with van der Waals surface area (Å²) in [5.41, 5.74) is 11.8. The molecular weight excluding hydrogens is 695 g/mol. The van der Waals surface area contributed by atoms with Crippen LogP contribution in [-0.2, 0) is 0 Å². The number of fused-ring (bicyclic) bond motifs is 5. The van der Waals surface area contributed by atoms with Crippen molar-refractivity contribution in [3.63, 3.8) is 0 Å². The van der Waals surface area contributed by atoms with Gasteiger partial charge < -0.3 is 9.73 Å². The summed E-state index contributed by atoms with van der Waals surface area (Å²) in [7, 11) is 0. The number of amidine groups is 2. The van der Waals surface area contributed by atoms with Gasteiger partial charge in [-0.05, 0) is 84.8 Å². The summed E-state index contributed by atoms with van der Waals surface area (Å²) in [5, 5.41) is 10.5. The Labute approximate surface area is 330 Å². The first-order valence-electron chi connectivity index (χ1n) is 19.3. The van der Waals surface area contributed by atoms with Crippen LogP contribution in [0.3, 0.4) is 0 Å². The van der Waals surface area contributed by atoms with Crippen LogP contribution in [0.5, 0.6) is 0 Å². The lowest BCUT2D eigenvalue weighted by molar-refractivity contribution is 0.669. The smallest absolute Gasteiger partial charge is 0.160 e. The predicted octanol–water partition coefficient (Wildman–Crippen LogP) is 13.4. The zero-order valence-electron chi connectivity index (χ0n) is 30.9. The van der Waals surface area contributed by atoms with Gasteiger partial charge in [0.1, 0.15) is 23.2 Å². The Kier molecular flexibility index (Phi) is 7.85. The van der Waals surface area contributed by atoms with Crippen molar-refractivity contribution < 1.29 is 4.42 Å². The van der Waals surface area contributed by atoms with Gasteiger partial charge in [0.15, 0.2) is 5.84 Å². The third kappa shape index (κ3) is 5.87. The predicted molar refractivity (Wildman–Crippen MR) is 237 cm³/mol. The van der Waals surface area contributed by atoms with E-state index >= 15 is 0 Å². The van der Waals surface area contributed by atoms with Crippen molar-refractivity contribution in [3.05, 3.63) is 217 Å². The molecule has 1 unspecified atom stereocenters. The van der Waals surface area contributed by atoms with E-state index in [4.69, 9.17) is 14.4 Å². The zero-order chi connectivity index (χ0) is 37.7. The molecule has 0 radical (unpaired) electrons. The van der Waals surface area contributed by atoms with Crippen molar-refractivity contribution in [2.24, 2.45) is 9.98 Å². The standard InChI is InChI=1S/C53H35N3O/c1-3-12-34(13-4-1)36-24-27-38(28-25-36)52-54-51(37-15-5-2-6-16-37)55-53(56-52)46-22-10-18-42-43(19-9-20-44(42)46)45-21-11-23-49-50(45)47-33-41(30-31-48(47)57-49)40-29-26-35-14-7-8-17-39(35)32-40/h1-33,52H,(H,54,55,56). The van der Waals surface area contributed by atoms with E-state index in [1.54, 1.807) is 0 Å². The van der Waals surface area contributed by atoms with E-state index in [1.807, 2.05) is 24.3 Å². The molecule has 0 amide bonds. The topological polar surface area (TPSA) is 49.9 Å². The highest BCUT2D eigenvalue weighted by Gasteiger charge is 2.23. The first kappa shape index (κ1) is 32.8. The molecule has 0 spiro atoms. The molecule has 57 heavy (non-hydrogen) atoms. The van der Waals surface area contributed by atoms with E-state index in [2.05, 4.69) is 181 Å². The monoisotopic (exact) mass is 729 g/mol. The van der Waals surface area contributed by atoms with Crippen molar-refractivity contribution in [2.75, 3.05) is 0 Å². The minimum Gasteiger partial charge on any atom is -0.456 e. The van der Waals surface area contributed by atoms with Gasteiger partial charge in [0.2, 0.25) is 0 Å². The quantitative estimate of drug-likeness (QED) is 0.185. The average molecular weight is 730 g/mol. The number of furan rings is 1. The van der Waals surface area contributed by atoms with Crippen LogP contribution in [0, 0.1) is 0 Å². The number of nitrogens with zero attached hydrogens (tertiary/aromatic N) is 2. The molecule has 0 saturated heterocycles. The Bertz CT molecular complexity index is 3200. The highest BCUT2D eigenvalue weighted by Crippen LogP contribution is 2.41. The minimum atomic E-state index is -0.321. The molecule has 2 heterocycles. The third-order valence-electron chi connectivity index (χ3n) is 11.2. The van der Waals surface area contributed by atoms with E-state index in [0.717, 1.165) is 71.9 Å². The Morgan fingerprint density at radius 1 is 0.404 bits per heavy atom. The van der Waals surface area contributed by atoms with Gasteiger partial charge in [-0.1, -0.05) is 176 Å². The molecule has 10 aromatic rings. The maximum absolute atomic E-state index is 6.50. The van der Waals surface area contributed by atoms with Gasteiger partial charge in [0.25, 0.3) is 0 Å². The Morgan fingerprint density at radius 2 is 1.02 bits per heavy atom. The molecule has 1 atom stereocenters. The van der Waals surface area contributed by atoms with Gasteiger partial charge in [-0.3, -0.25) is 0 Å². The molecule has 268 valence electrons. The van der Waals surface area contributed by atoms with Crippen molar-refractivity contribution >= 4 is 55.2 Å². The van der Waals surface area contributed by atoms with Crippen LogP contribution in [0.4, 0.5) is 0 Å². The Morgan fingerprint density at radius 3 is 1.82 bits per heavy atom. The van der Waals surface area contributed by atoms with Gasteiger partial charge >= 0.3 is 0 Å². The normalized spacial score (nSPS) is 14.1. The molecule has 0 fully saturated rings. The van der Waals surface area contributed by atoms with Gasteiger partial charge in [0, 0.05) is 21.9 Å². The zero-order valence-corrected chi connectivity index (χ0v) is 30.9. The molecule has 1 aliphatic rings. The molecule has 11 rings (SSSR count). The first-order valence-corrected chi connectivity index (χ1v) is 19.3. The number of rotatable bonds is 6. The molecule has 9 aromatic carbocycles. The maximum Gasteiger partial charge on any atom is 0.160 e. The summed E-state index contributed by atoms with van der Waals surface area (Å²) in [6.45, 7) is 0. The minimum absolute atomic E-state index is 0.321. The first-order chi connectivity index (χ1) is 28.2. The van der Waals surface area contributed by atoms with Crippen molar-refractivity contribution in [2.45, 2.75) is 6.17 Å². The second-order valence-electron chi connectivity index (χ2n) is 14.6. The fourth-order valence-electron chi connectivity index (χ4n) is 8.31. The summed E-state index contributed by atoms with van der Waals surface area (Å²) < 4.78 is 6.50. The molecule has 1 aliphatic heterocycles. The molecule has 1 aromatic heterocycles. The summed E-state index contributed by atoms with van der Waals surface area (Å²) in [6.07, 6.45) is -0.321. The van der Waals surface area contributed by atoms with Crippen LogP contribution in [0.25, 0.3) is 76.9 Å². The third-order valence-corrected chi connectivity index (χ3v) is 11.2. The SMILES string of the molecule is c1ccc(C2=NC(c3cccc4c(-c5cccc6oc7ccc(-c8ccc9ccccc9c8)cc7c56)cccc34)=NC(c3ccc(-c4ccccc4)cc3)N2)cc1. The van der Waals surface area contributed by atoms with Crippen LogP contribution in [0.1, 0.15) is 22.9 Å². The Hall–Kier alpha value is -7.56. The molecule has 1 N–H and O–H groups in total. The lowest BCUT2D eigenvalue weighted by atomic mass is 9.92. The number of hydrogen-bond donors (Lipinski definition) is 1. The van der Waals surface area contributed by atoms with Crippen LogP contribution in [0.15, 0.2) is 215 Å². The van der Waals surface area contributed by atoms with Gasteiger partial charge in [-0.15, -0.1) is 0 Å². The molecule has 0 bridgehead atoms. The summed E-state index contributed by atoms with van der Waals surface area (Å²) in [4.78, 5) is 10.5. The van der Waals surface area contributed by atoms with Crippen LogP contribution in [-0.4, -0.2) is 11.7 Å². The highest BCUT2D eigenvalue weighted by molar-refractivity contribution is 6.21. The summed E-state index contributed by atoms with van der Waals surface area (Å²) >= 11 is 0. The fraction of sp³-hybridized carbons (Fsp3) is 0.0189. The Balaban J connectivity index is 1.04. The number of aliphatic imine (C=N–C) groups is 2. The van der Waals surface area contributed by atoms with Gasteiger partial charge in [-0.2, -0.15) is 0 Å². The van der Waals surface area contributed by atoms with E-state index in [9.17, 15) is 0 Å². The van der Waals surface area contributed by atoms with E-state index in [0.29, 0.717) is 5.84 Å². The summed E-state index contributed by atoms with van der Waals surface area (Å²) in [6, 6.07) is 70.5. The molecule has 0 aliphatic carbocycles. The largest absolute Gasteiger partial charge is 0.456 e. The van der Waals surface area contributed by atoms with Crippen molar-refractivity contribution in [3.8, 4) is 33.4 Å². The number of benzene rings is 9. The van der Waals surface area contributed by atoms with Gasteiger partial charge in [0.05, 0.1) is 0 Å². The van der Waals surface area contributed by atoms with E-state index < -0.39 is 0 Å². The highest BCUT2D eigenvalue weighted by atomic mass is 16.3. The van der Waals surface area contributed by atoms with Crippen molar-refractivity contribution in [1.29, 1.82) is 0 Å². The lowest BCUT2D eigenvalue weighted by Crippen LogP contribution is -2.33. The maximum atomic E-state index is 6.50. The second kappa shape index (κ2) is 13.6.